The van der Waals surface area contributed by atoms with Gasteiger partial charge in [-0.05, 0) is 70.4 Å². The normalized spacial score (nSPS) is 18.3. The minimum absolute atomic E-state index is 0.842. The Balaban J connectivity index is 1.60. The van der Waals surface area contributed by atoms with Crippen molar-refractivity contribution in [2.24, 2.45) is 5.92 Å². The number of piperidine rings is 1. The molecule has 1 aromatic rings. The van der Waals surface area contributed by atoms with Crippen molar-refractivity contribution in [2.75, 3.05) is 26.2 Å². The molecule has 2 rings (SSSR count). The molecule has 1 aromatic heterocycles. The van der Waals surface area contributed by atoms with E-state index in [1.807, 2.05) is 13.0 Å². The van der Waals surface area contributed by atoms with Crippen LogP contribution in [0.4, 0.5) is 0 Å². The minimum atomic E-state index is 0.842. The topological polar surface area (TPSA) is 28.4 Å². The van der Waals surface area contributed by atoms with Crippen LogP contribution in [0, 0.1) is 12.8 Å². The molecule has 0 aliphatic carbocycles. The number of aryl methyl sites for hydroxylation is 1. The Morgan fingerprint density at radius 2 is 2.11 bits per heavy atom. The van der Waals surface area contributed by atoms with Gasteiger partial charge in [-0.1, -0.05) is 6.92 Å². The second kappa shape index (κ2) is 6.95. The van der Waals surface area contributed by atoms with E-state index >= 15 is 0 Å². The van der Waals surface area contributed by atoms with Crippen molar-refractivity contribution in [1.29, 1.82) is 0 Å². The molecule has 1 aliphatic heterocycles. The lowest BCUT2D eigenvalue weighted by Crippen LogP contribution is -2.37. The summed E-state index contributed by atoms with van der Waals surface area (Å²) in [4.78, 5) is 2.59. The zero-order valence-corrected chi connectivity index (χ0v) is 11.7. The number of furan rings is 1. The molecule has 0 unspecified atom stereocenters. The van der Waals surface area contributed by atoms with E-state index < -0.39 is 0 Å². The molecule has 3 heteroatoms. The van der Waals surface area contributed by atoms with Gasteiger partial charge in [0.1, 0.15) is 11.5 Å². The maximum Gasteiger partial charge on any atom is 0.117 e. The quantitative estimate of drug-likeness (QED) is 0.841. The van der Waals surface area contributed by atoms with Gasteiger partial charge in [0, 0.05) is 0 Å². The first-order valence-electron chi connectivity index (χ1n) is 7.26. The van der Waals surface area contributed by atoms with Gasteiger partial charge in [0.15, 0.2) is 0 Å². The lowest BCUT2D eigenvalue weighted by Gasteiger charge is -2.31. The molecule has 0 aromatic carbocycles. The molecule has 3 nitrogen and oxygen atoms in total. The van der Waals surface area contributed by atoms with E-state index in [1.165, 1.54) is 38.9 Å². The Morgan fingerprint density at radius 3 is 2.72 bits per heavy atom. The third-order valence-electron chi connectivity index (χ3n) is 3.78. The summed E-state index contributed by atoms with van der Waals surface area (Å²) in [7, 11) is 0. The highest BCUT2D eigenvalue weighted by molar-refractivity contribution is 5.05. The summed E-state index contributed by atoms with van der Waals surface area (Å²) < 4.78 is 5.55. The molecule has 0 spiro atoms. The van der Waals surface area contributed by atoms with Gasteiger partial charge in [-0.2, -0.15) is 0 Å². The minimum Gasteiger partial charge on any atom is -0.465 e. The lowest BCUT2D eigenvalue weighted by molar-refractivity contribution is 0.182. The van der Waals surface area contributed by atoms with E-state index in [1.54, 1.807) is 0 Å². The van der Waals surface area contributed by atoms with Crippen molar-refractivity contribution in [1.82, 2.24) is 10.2 Å². The molecule has 1 aliphatic rings. The average Bonchev–Trinajstić information content (AvgIpc) is 2.78. The lowest BCUT2D eigenvalue weighted by atomic mass is 9.96. The Kier molecular flexibility index (Phi) is 5.26. The van der Waals surface area contributed by atoms with Crippen LogP contribution in [0.15, 0.2) is 16.5 Å². The van der Waals surface area contributed by atoms with Gasteiger partial charge in [0.05, 0.1) is 6.54 Å². The van der Waals surface area contributed by atoms with Crippen LogP contribution in [0.3, 0.4) is 0 Å². The molecular weight excluding hydrogens is 224 g/mol. The zero-order valence-electron chi connectivity index (χ0n) is 11.7. The summed E-state index contributed by atoms with van der Waals surface area (Å²) in [6, 6.07) is 4.09. The second-order valence-corrected chi connectivity index (χ2v) is 5.43. The number of nitrogens with zero attached hydrogens (tertiary/aromatic N) is 1. The molecule has 2 heterocycles. The van der Waals surface area contributed by atoms with Crippen LogP contribution < -0.4 is 5.32 Å². The van der Waals surface area contributed by atoms with Crippen LogP contribution in [0.25, 0.3) is 0 Å². The summed E-state index contributed by atoms with van der Waals surface area (Å²) in [5.74, 6) is 2.89. The molecule has 0 atom stereocenters. The van der Waals surface area contributed by atoms with Crippen LogP contribution in [0.1, 0.15) is 37.7 Å². The molecule has 18 heavy (non-hydrogen) atoms. The maximum atomic E-state index is 5.55. The van der Waals surface area contributed by atoms with E-state index in [4.69, 9.17) is 4.42 Å². The summed E-state index contributed by atoms with van der Waals surface area (Å²) in [6.45, 7) is 10.1. The van der Waals surface area contributed by atoms with Gasteiger partial charge < -0.3 is 14.6 Å². The van der Waals surface area contributed by atoms with Crippen LogP contribution in [-0.2, 0) is 6.54 Å². The molecule has 0 bridgehead atoms. The average molecular weight is 250 g/mol. The van der Waals surface area contributed by atoms with Crippen molar-refractivity contribution >= 4 is 0 Å². The highest BCUT2D eigenvalue weighted by Gasteiger charge is 2.17. The molecule has 1 fully saturated rings. The Hall–Kier alpha value is -0.800. The second-order valence-electron chi connectivity index (χ2n) is 5.43. The van der Waals surface area contributed by atoms with Crippen LogP contribution in [0.5, 0.6) is 0 Å². The fraction of sp³-hybridized carbons (Fsp3) is 0.733. The van der Waals surface area contributed by atoms with Crippen LogP contribution in [0.2, 0.25) is 0 Å². The van der Waals surface area contributed by atoms with Gasteiger partial charge in [0.2, 0.25) is 0 Å². The fourth-order valence-corrected chi connectivity index (χ4v) is 2.71. The van der Waals surface area contributed by atoms with Crippen molar-refractivity contribution in [3.63, 3.8) is 0 Å². The van der Waals surface area contributed by atoms with Gasteiger partial charge in [-0.15, -0.1) is 0 Å². The van der Waals surface area contributed by atoms with Crippen LogP contribution in [-0.4, -0.2) is 31.1 Å². The number of rotatable bonds is 6. The van der Waals surface area contributed by atoms with Crippen LogP contribution >= 0.6 is 0 Å². The van der Waals surface area contributed by atoms with Gasteiger partial charge in [-0.3, -0.25) is 0 Å². The Morgan fingerprint density at radius 1 is 1.33 bits per heavy atom. The highest BCUT2D eigenvalue weighted by atomic mass is 16.3. The fourth-order valence-electron chi connectivity index (χ4n) is 2.71. The SMILES string of the molecule is CCCN1CCC(CNCc2ccc(C)o2)CC1. The molecule has 1 N–H and O–H groups in total. The number of hydrogen-bond acceptors (Lipinski definition) is 3. The molecule has 0 amide bonds. The van der Waals surface area contributed by atoms with Crippen molar-refractivity contribution in [3.05, 3.63) is 23.7 Å². The van der Waals surface area contributed by atoms with Gasteiger partial charge in [-0.25, -0.2) is 0 Å². The smallest absolute Gasteiger partial charge is 0.117 e. The third kappa shape index (κ3) is 4.14. The summed E-state index contributed by atoms with van der Waals surface area (Å²) in [6.07, 6.45) is 3.95. The predicted octanol–water partition coefficient (Wildman–Crippen LogP) is 2.80. The maximum absolute atomic E-state index is 5.55. The van der Waals surface area contributed by atoms with E-state index in [-0.39, 0.29) is 0 Å². The monoisotopic (exact) mass is 250 g/mol. The first kappa shape index (κ1) is 13.6. The van der Waals surface area contributed by atoms with E-state index in [0.29, 0.717) is 0 Å². The highest BCUT2D eigenvalue weighted by Crippen LogP contribution is 2.16. The van der Waals surface area contributed by atoms with Gasteiger partial charge in [0.25, 0.3) is 0 Å². The summed E-state index contributed by atoms with van der Waals surface area (Å²) >= 11 is 0. The van der Waals surface area contributed by atoms with E-state index in [0.717, 1.165) is 30.5 Å². The first-order valence-corrected chi connectivity index (χ1v) is 7.26. The number of nitrogens with one attached hydrogen (secondary N) is 1. The zero-order chi connectivity index (χ0) is 12.8. The number of hydrogen-bond donors (Lipinski definition) is 1. The summed E-state index contributed by atoms with van der Waals surface area (Å²) in [5.41, 5.74) is 0. The van der Waals surface area contributed by atoms with Crippen molar-refractivity contribution in [3.8, 4) is 0 Å². The molecule has 0 radical (unpaired) electrons. The van der Waals surface area contributed by atoms with E-state index in [2.05, 4.69) is 23.2 Å². The van der Waals surface area contributed by atoms with Crippen molar-refractivity contribution in [2.45, 2.75) is 39.7 Å². The molecular formula is C15H26N2O. The largest absolute Gasteiger partial charge is 0.465 e. The molecule has 102 valence electrons. The van der Waals surface area contributed by atoms with Gasteiger partial charge >= 0.3 is 0 Å². The van der Waals surface area contributed by atoms with E-state index in [9.17, 15) is 0 Å². The van der Waals surface area contributed by atoms with Crippen molar-refractivity contribution < 1.29 is 4.42 Å². The number of likely N-dealkylation sites (tertiary alicyclic amines) is 1. The molecule has 0 saturated carbocycles. The molecule has 1 saturated heterocycles. The third-order valence-corrected chi connectivity index (χ3v) is 3.78. The Bertz CT molecular complexity index is 340. The summed E-state index contributed by atoms with van der Waals surface area (Å²) in [5, 5.41) is 3.52. The predicted molar refractivity (Wildman–Crippen MR) is 74.6 cm³/mol. The Labute approximate surface area is 111 Å². The first-order chi connectivity index (χ1) is 8.78. The standard InChI is InChI=1S/C15H26N2O/c1-3-8-17-9-6-14(7-10-17)11-16-12-15-5-4-13(2)18-15/h4-5,14,16H,3,6-12H2,1-2H3.